The molecule has 1 aliphatic rings. The summed E-state index contributed by atoms with van der Waals surface area (Å²) in [6.45, 7) is 10.7. The molecule has 15 heavy (non-hydrogen) atoms. The van der Waals surface area contributed by atoms with E-state index in [1.54, 1.807) is 0 Å². The molecular weight excluding hydrogens is 200 g/mol. The molecule has 0 aromatic heterocycles. The van der Waals surface area contributed by atoms with Crippen LogP contribution in [0, 0.1) is 5.92 Å². The first kappa shape index (κ1) is 13.0. The fourth-order valence-electron chi connectivity index (χ4n) is 2.47. The first-order valence-corrected chi connectivity index (χ1v) is 9.72. The molecule has 2 unspecified atom stereocenters. The maximum absolute atomic E-state index is 6.25. The van der Waals surface area contributed by atoms with E-state index in [-0.39, 0.29) is 0 Å². The SMILES string of the molecule is C=CCCCC1CCCC1O[Si](C)(C)C. The lowest BCUT2D eigenvalue weighted by molar-refractivity contribution is 0.145. The molecule has 0 aromatic rings. The van der Waals surface area contributed by atoms with E-state index in [4.69, 9.17) is 4.43 Å². The van der Waals surface area contributed by atoms with E-state index < -0.39 is 8.32 Å². The molecule has 1 nitrogen and oxygen atoms in total. The molecule has 1 fully saturated rings. The molecule has 0 bridgehead atoms. The Kier molecular flexibility index (Phi) is 5.07. The molecule has 1 rings (SSSR count). The molecule has 2 atom stereocenters. The van der Waals surface area contributed by atoms with Gasteiger partial charge in [0, 0.05) is 6.10 Å². The molecule has 1 aliphatic carbocycles. The molecule has 0 heterocycles. The van der Waals surface area contributed by atoms with Crippen LogP contribution in [0.4, 0.5) is 0 Å². The van der Waals surface area contributed by atoms with E-state index in [1.807, 2.05) is 6.08 Å². The molecule has 88 valence electrons. The smallest absolute Gasteiger partial charge is 0.184 e. The van der Waals surface area contributed by atoms with Crippen LogP contribution in [0.25, 0.3) is 0 Å². The molecule has 0 spiro atoms. The first-order chi connectivity index (χ1) is 7.03. The van der Waals surface area contributed by atoms with Crippen LogP contribution in [0.2, 0.25) is 19.6 Å². The van der Waals surface area contributed by atoms with Crippen molar-refractivity contribution >= 4 is 8.32 Å². The van der Waals surface area contributed by atoms with E-state index >= 15 is 0 Å². The summed E-state index contributed by atoms with van der Waals surface area (Å²) >= 11 is 0. The zero-order valence-corrected chi connectivity index (χ0v) is 11.6. The number of hydrogen-bond acceptors (Lipinski definition) is 1. The Bertz CT molecular complexity index is 195. The van der Waals surface area contributed by atoms with Crippen molar-refractivity contribution in [3.63, 3.8) is 0 Å². The Balaban J connectivity index is 2.32. The summed E-state index contributed by atoms with van der Waals surface area (Å²) < 4.78 is 6.25. The highest BCUT2D eigenvalue weighted by Gasteiger charge is 2.31. The summed E-state index contributed by atoms with van der Waals surface area (Å²) in [7, 11) is -1.33. The third kappa shape index (κ3) is 4.98. The van der Waals surface area contributed by atoms with Crippen molar-refractivity contribution in [2.45, 2.75) is 64.3 Å². The Morgan fingerprint density at radius 2 is 2.07 bits per heavy atom. The van der Waals surface area contributed by atoms with Crippen LogP contribution in [-0.4, -0.2) is 14.4 Å². The van der Waals surface area contributed by atoms with Crippen LogP contribution in [0.15, 0.2) is 12.7 Å². The lowest BCUT2D eigenvalue weighted by Crippen LogP contribution is -2.33. The van der Waals surface area contributed by atoms with Gasteiger partial charge < -0.3 is 4.43 Å². The van der Waals surface area contributed by atoms with Gasteiger partial charge in [-0.05, 0) is 57.7 Å². The summed E-state index contributed by atoms with van der Waals surface area (Å²) in [5.41, 5.74) is 0. The van der Waals surface area contributed by atoms with E-state index in [0.717, 1.165) is 12.3 Å². The predicted octanol–water partition coefficient (Wildman–Crippen LogP) is 4.36. The van der Waals surface area contributed by atoms with Crippen LogP contribution in [0.3, 0.4) is 0 Å². The van der Waals surface area contributed by atoms with Crippen molar-refractivity contribution in [1.29, 1.82) is 0 Å². The van der Waals surface area contributed by atoms with Gasteiger partial charge in [-0.1, -0.05) is 12.5 Å². The van der Waals surface area contributed by atoms with E-state index in [9.17, 15) is 0 Å². The second kappa shape index (κ2) is 5.85. The van der Waals surface area contributed by atoms with Crippen LogP contribution in [-0.2, 0) is 4.43 Å². The number of unbranched alkanes of at least 4 members (excludes halogenated alkanes) is 1. The minimum atomic E-state index is -1.33. The predicted molar refractivity (Wildman–Crippen MR) is 69.6 cm³/mol. The Hall–Kier alpha value is -0.0831. The Morgan fingerprint density at radius 3 is 2.67 bits per heavy atom. The fourth-order valence-corrected chi connectivity index (χ4v) is 3.69. The summed E-state index contributed by atoms with van der Waals surface area (Å²) in [5, 5.41) is 0. The van der Waals surface area contributed by atoms with E-state index in [1.165, 1.54) is 32.1 Å². The van der Waals surface area contributed by atoms with E-state index in [0.29, 0.717) is 6.10 Å². The number of hydrogen-bond donors (Lipinski definition) is 0. The monoisotopic (exact) mass is 226 g/mol. The quantitative estimate of drug-likeness (QED) is 0.371. The molecule has 0 aliphatic heterocycles. The number of rotatable bonds is 6. The van der Waals surface area contributed by atoms with Crippen molar-refractivity contribution in [3.05, 3.63) is 12.7 Å². The van der Waals surface area contributed by atoms with Crippen LogP contribution >= 0.6 is 0 Å². The van der Waals surface area contributed by atoms with Crippen molar-refractivity contribution in [2.24, 2.45) is 5.92 Å². The summed E-state index contributed by atoms with van der Waals surface area (Å²) in [6.07, 6.45) is 10.4. The van der Waals surface area contributed by atoms with Gasteiger partial charge >= 0.3 is 0 Å². The van der Waals surface area contributed by atoms with Crippen molar-refractivity contribution < 1.29 is 4.43 Å². The maximum atomic E-state index is 6.25. The highest BCUT2D eigenvalue weighted by Crippen LogP contribution is 2.33. The summed E-state index contributed by atoms with van der Waals surface area (Å²) in [5.74, 6) is 0.830. The van der Waals surface area contributed by atoms with Gasteiger partial charge in [-0.3, -0.25) is 0 Å². The average molecular weight is 226 g/mol. The van der Waals surface area contributed by atoms with E-state index in [2.05, 4.69) is 26.2 Å². The largest absolute Gasteiger partial charge is 0.414 e. The molecule has 0 aromatic carbocycles. The first-order valence-electron chi connectivity index (χ1n) is 6.31. The number of allylic oxidation sites excluding steroid dienone is 1. The molecular formula is C13H26OSi. The summed E-state index contributed by atoms with van der Waals surface area (Å²) in [6, 6.07) is 0. The topological polar surface area (TPSA) is 9.23 Å². The highest BCUT2D eigenvalue weighted by atomic mass is 28.4. The molecule has 0 N–H and O–H groups in total. The second-order valence-corrected chi connectivity index (χ2v) is 10.1. The fraction of sp³-hybridized carbons (Fsp3) is 0.846. The average Bonchev–Trinajstić information content (AvgIpc) is 2.50. The molecule has 2 heteroatoms. The minimum Gasteiger partial charge on any atom is -0.414 e. The normalized spacial score (nSPS) is 26.9. The molecule has 0 saturated heterocycles. The van der Waals surface area contributed by atoms with Gasteiger partial charge in [0.2, 0.25) is 0 Å². The molecule has 1 saturated carbocycles. The maximum Gasteiger partial charge on any atom is 0.184 e. The Morgan fingerprint density at radius 1 is 1.33 bits per heavy atom. The third-order valence-corrected chi connectivity index (χ3v) is 4.09. The van der Waals surface area contributed by atoms with Crippen LogP contribution in [0.1, 0.15) is 38.5 Å². The summed E-state index contributed by atoms with van der Waals surface area (Å²) in [4.78, 5) is 0. The van der Waals surface area contributed by atoms with Gasteiger partial charge in [0.1, 0.15) is 0 Å². The van der Waals surface area contributed by atoms with Gasteiger partial charge in [-0.15, -0.1) is 6.58 Å². The van der Waals surface area contributed by atoms with Crippen molar-refractivity contribution in [3.8, 4) is 0 Å². The van der Waals surface area contributed by atoms with Gasteiger partial charge in [0.05, 0.1) is 0 Å². The highest BCUT2D eigenvalue weighted by molar-refractivity contribution is 6.69. The van der Waals surface area contributed by atoms with Gasteiger partial charge in [-0.25, -0.2) is 0 Å². The van der Waals surface area contributed by atoms with Gasteiger partial charge in [0.25, 0.3) is 0 Å². The van der Waals surface area contributed by atoms with Gasteiger partial charge in [-0.2, -0.15) is 0 Å². The second-order valence-electron chi connectivity index (χ2n) is 5.68. The lowest BCUT2D eigenvalue weighted by atomic mass is 9.99. The Labute approximate surface area is 96.0 Å². The van der Waals surface area contributed by atoms with Crippen molar-refractivity contribution in [1.82, 2.24) is 0 Å². The minimum absolute atomic E-state index is 0.571. The lowest BCUT2D eigenvalue weighted by Gasteiger charge is -2.27. The third-order valence-electron chi connectivity index (χ3n) is 3.08. The van der Waals surface area contributed by atoms with Crippen molar-refractivity contribution in [2.75, 3.05) is 0 Å². The molecule has 0 radical (unpaired) electrons. The standard InChI is InChI=1S/C13H26OSi/c1-5-6-7-9-12-10-8-11-13(12)14-15(2,3)4/h5,12-13H,1,6-11H2,2-4H3. The zero-order chi connectivity index (χ0) is 11.3. The van der Waals surface area contributed by atoms with Gasteiger partial charge in [0.15, 0.2) is 8.32 Å². The van der Waals surface area contributed by atoms with Crippen LogP contribution in [0.5, 0.6) is 0 Å². The molecule has 0 amide bonds. The zero-order valence-electron chi connectivity index (χ0n) is 10.6. The van der Waals surface area contributed by atoms with Crippen LogP contribution < -0.4 is 0 Å².